The van der Waals surface area contributed by atoms with E-state index in [1.54, 1.807) is 0 Å². The van der Waals surface area contributed by atoms with Gasteiger partial charge in [0, 0.05) is 0 Å². The van der Waals surface area contributed by atoms with Gasteiger partial charge in [-0.05, 0) is 18.5 Å². The molecule has 0 amide bonds. The number of rotatable bonds is 1. The van der Waals surface area contributed by atoms with Gasteiger partial charge in [-0.2, -0.15) is 0 Å². The summed E-state index contributed by atoms with van der Waals surface area (Å²) in [4.78, 5) is 0. The molecule has 0 radical (unpaired) electrons. The maximum Gasteiger partial charge on any atom is 0.202 e. The average Bonchev–Trinajstić information content (AvgIpc) is 1.64. The van der Waals surface area contributed by atoms with Crippen LogP contribution in [0.4, 0.5) is 4.39 Å². The molecule has 0 saturated carbocycles. The summed E-state index contributed by atoms with van der Waals surface area (Å²) >= 11 is 9.96. The summed E-state index contributed by atoms with van der Waals surface area (Å²) in [6, 6.07) is 0. The van der Waals surface area contributed by atoms with Crippen LogP contribution in [0.15, 0.2) is 10.3 Å². The van der Waals surface area contributed by atoms with Gasteiger partial charge in [0.1, 0.15) is 11.2 Å². The fraction of sp³-hybridized carbons (Fsp3) is 0.500. The Morgan fingerprint density at radius 1 is 1.62 bits per heavy atom. The Kier molecular flexibility index (Phi) is 3.17. The normalized spacial score (nSPS) is 17.5. The number of allylic oxidation sites excluding steroid dienone is 1. The second-order valence-electron chi connectivity index (χ2n) is 1.25. The molecule has 1 atom stereocenters. The van der Waals surface area contributed by atoms with Gasteiger partial charge >= 0.3 is 0 Å². The number of aliphatic hydroxyl groups excluding tert-OH is 1. The highest BCUT2D eigenvalue weighted by molar-refractivity contribution is 6.38. The minimum atomic E-state index is -1.39. The van der Waals surface area contributed by atoms with Gasteiger partial charge in [0.15, 0.2) is 0 Å². The van der Waals surface area contributed by atoms with Crippen molar-refractivity contribution in [3.8, 4) is 0 Å². The van der Waals surface area contributed by atoms with E-state index in [0.29, 0.717) is 0 Å². The molecule has 4 heteroatoms. The van der Waals surface area contributed by atoms with Crippen molar-refractivity contribution in [1.82, 2.24) is 0 Å². The van der Waals surface area contributed by atoms with Crippen LogP contribution >= 0.6 is 23.2 Å². The maximum atomic E-state index is 11.9. The summed E-state index contributed by atoms with van der Waals surface area (Å²) in [5.74, 6) is 0. The van der Waals surface area contributed by atoms with Crippen molar-refractivity contribution in [3.05, 3.63) is 10.3 Å². The van der Waals surface area contributed by atoms with E-state index in [2.05, 4.69) is 0 Å². The number of hydrogen-bond donors (Lipinski definition) is 1. The van der Waals surface area contributed by atoms with Crippen molar-refractivity contribution in [2.75, 3.05) is 0 Å². The Balaban J connectivity index is 4.00. The lowest BCUT2D eigenvalue weighted by molar-refractivity contribution is 0.393. The molecule has 0 saturated heterocycles. The van der Waals surface area contributed by atoms with E-state index in [1.165, 1.54) is 6.92 Å². The number of aliphatic hydroxyl groups is 1. The van der Waals surface area contributed by atoms with E-state index in [4.69, 9.17) is 28.3 Å². The van der Waals surface area contributed by atoms with Gasteiger partial charge in [0.2, 0.25) is 5.22 Å². The van der Waals surface area contributed by atoms with Gasteiger partial charge in [-0.1, -0.05) is 11.6 Å². The summed E-state index contributed by atoms with van der Waals surface area (Å²) < 4.78 is 11.9. The van der Waals surface area contributed by atoms with Crippen LogP contribution in [-0.4, -0.2) is 11.3 Å². The maximum absolute atomic E-state index is 11.9. The molecule has 1 nitrogen and oxygen atoms in total. The Morgan fingerprint density at radius 2 is 2.00 bits per heavy atom. The zero-order valence-corrected chi connectivity index (χ0v) is 5.67. The van der Waals surface area contributed by atoms with E-state index < -0.39 is 11.4 Å². The van der Waals surface area contributed by atoms with Gasteiger partial charge in [0.25, 0.3) is 0 Å². The van der Waals surface area contributed by atoms with Crippen molar-refractivity contribution in [1.29, 1.82) is 0 Å². The van der Waals surface area contributed by atoms with Crippen LogP contribution in [0.3, 0.4) is 0 Å². The monoisotopic (exact) mass is 158 g/mol. The Bertz CT molecular complexity index is 107. The van der Waals surface area contributed by atoms with Gasteiger partial charge in [-0.3, -0.25) is 0 Å². The second-order valence-corrected chi connectivity index (χ2v) is 2.02. The van der Waals surface area contributed by atoms with Crippen LogP contribution in [0, 0.1) is 0 Å². The summed E-state index contributed by atoms with van der Waals surface area (Å²) in [6.45, 7) is 1.18. The zero-order chi connectivity index (χ0) is 6.73. The fourth-order valence-electron chi connectivity index (χ4n) is 0.164. The molecule has 1 N–H and O–H groups in total. The van der Waals surface area contributed by atoms with Crippen LogP contribution in [-0.2, 0) is 0 Å². The standard InChI is InChI=1S/C4H5Cl2FO/c1-2(7)3(5)4(6)8/h2,8H,1H3/b4-3-. The number of halogens is 3. The minimum Gasteiger partial charge on any atom is -0.498 e. The third-order valence-electron chi connectivity index (χ3n) is 0.546. The first-order valence-electron chi connectivity index (χ1n) is 1.94. The summed E-state index contributed by atoms with van der Waals surface area (Å²) in [7, 11) is 0. The molecule has 0 aromatic carbocycles. The predicted octanol–water partition coefficient (Wildman–Crippen LogP) is 2.55. The highest BCUT2D eigenvalue weighted by atomic mass is 35.5. The molecule has 0 spiro atoms. The average molecular weight is 159 g/mol. The third kappa shape index (κ3) is 2.38. The molecule has 8 heavy (non-hydrogen) atoms. The molecule has 0 bridgehead atoms. The SMILES string of the molecule is CC(F)/C(Cl)=C(/O)Cl. The van der Waals surface area contributed by atoms with Gasteiger partial charge in [-0.25, -0.2) is 4.39 Å². The molecule has 0 fully saturated rings. The van der Waals surface area contributed by atoms with E-state index >= 15 is 0 Å². The highest BCUT2D eigenvalue weighted by Gasteiger charge is 2.07. The van der Waals surface area contributed by atoms with E-state index in [-0.39, 0.29) is 5.03 Å². The first-order chi connectivity index (χ1) is 3.55. The van der Waals surface area contributed by atoms with Gasteiger partial charge in [0.05, 0.1) is 0 Å². The molecule has 0 aliphatic heterocycles. The molecule has 0 rings (SSSR count). The lowest BCUT2D eigenvalue weighted by Gasteiger charge is -1.96. The van der Waals surface area contributed by atoms with Crippen LogP contribution < -0.4 is 0 Å². The van der Waals surface area contributed by atoms with Crippen LogP contribution in [0.2, 0.25) is 0 Å². The Labute approximate surface area is 56.7 Å². The van der Waals surface area contributed by atoms with Gasteiger partial charge < -0.3 is 5.11 Å². The summed E-state index contributed by atoms with van der Waals surface area (Å²) in [6.07, 6.45) is -1.39. The van der Waals surface area contributed by atoms with E-state index in [1.807, 2.05) is 0 Å². The molecule has 0 aliphatic carbocycles. The molecule has 0 aliphatic rings. The zero-order valence-electron chi connectivity index (χ0n) is 4.16. The molecule has 0 heterocycles. The summed E-state index contributed by atoms with van der Waals surface area (Å²) in [5.41, 5.74) is 0. The van der Waals surface area contributed by atoms with Crippen molar-refractivity contribution in [2.24, 2.45) is 0 Å². The minimum absolute atomic E-state index is 0.355. The molecule has 48 valence electrons. The molecular formula is C4H5Cl2FO. The first-order valence-corrected chi connectivity index (χ1v) is 2.69. The molecule has 1 unspecified atom stereocenters. The second kappa shape index (κ2) is 3.15. The smallest absolute Gasteiger partial charge is 0.202 e. The number of alkyl halides is 1. The third-order valence-corrected chi connectivity index (χ3v) is 1.33. The lowest BCUT2D eigenvalue weighted by atomic mass is 10.4. The Morgan fingerprint density at radius 3 is 2.00 bits per heavy atom. The van der Waals surface area contributed by atoms with Crippen LogP contribution in [0.25, 0.3) is 0 Å². The lowest BCUT2D eigenvalue weighted by Crippen LogP contribution is -1.92. The van der Waals surface area contributed by atoms with Crippen LogP contribution in [0.1, 0.15) is 6.92 Å². The van der Waals surface area contributed by atoms with Crippen LogP contribution in [0.5, 0.6) is 0 Å². The van der Waals surface area contributed by atoms with E-state index in [0.717, 1.165) is 0 Å². The quantitative estimate of drug-likeness (QED) is 0.582. The highest BCUT2D eigenvalue weighted by Crippen LogP contribution is 2.16. The molecular weight excluding hydrogens is 154 g/mol. The van der Waals surface area contributed by atoms with Crippen molar-refractivity contribution in [3.63, 3.8) is 0 Å². The number of hydrogen-bond acceptors (Lipinski definition) is 1. The van der Waals surface area contributed by atoms with Crippen molar-refractivity contribution in [2.45, 2.75) is 13.1 Å². The topological polar surface area (TPSA) is 20.2 Å². The first kappa shape index (κ1) is 8.05. The van der Waals surface area contributed by atoms with Crippen molar-refractivity contribution >= 4 is 23.2 Å². The predicted molar refractivity (Wildman–Crippen MR) is 31.9 cm³/mol. The summed E-state index contributed by atoms with van der Waals surface area (Å²) in [5, 5.41) is 7.23. The fourth-order valence-corrected chi connectivity index (χ4v) is 0.314. The Hall–Kier alpha value is 0.0500. The van der Waals surface area contributed by atoms with Gasteiger partial charge in [-0.15, -0.1) is 0 Å². The molecule has 0 aromatic rings. The largest absolute Gasteiger partial charge is 0.498 e. The van der Waals surface area contributed by atoms with Crippen molar-refractivity contribution < 1.29 is 9.50 Å². The van der Waals surface area contributed by atoms with E-state index in [9.17, 15) is 4.39 Å². The molecule has 0 aromatic heterocycles.